The van der Waals surface area contributed by atoms with Crippen molar-refractivity contribution in [1.29, 1.82) is 0 Å². The third-order valence-electron chi connectivity index (χ3n) is 5.16. The first-order valence-corrected chi connectivity index (χ1v) is 9.78. The van der Waals surface area contributed by atoms with Crippen molar-refractivity contribution in [3.8, 4) is 28.4 Å². The van der Waals surface area contributed by atoms with E-state index in [4.69, 9.17) is 18.6 Å². The van der Waals surface area contributed by atoms with Gasteiger partial charge in [0.05, 0.1) is 30.7 Å². The number of hydrogen-bond acceptors (Lipinski definition) is 5. The van der Waals surface area contributed by atoms with E-state index in [1.54, 1.807) is 37.3 Å². The maximum atomic E-state index is 13.8. The van der Waals surface area contributed by atoms with Crippen LogP contribution in [0, 0.1) is 18.6 Å². The number of benzene rings is 3. The van der Waals surface area contributed by atoms with Gasteiger partial charge in [-0.15, -0.1) is 0 Å². The van der Waals surface area contributed by atoms with E-state index in [2.05, 4.69) is 0 Å². The van der Waals surface area contributed by atoms with E-state index in [1.807, 2.05) is 0 Å². The molecule has 0 aliphatic carbocycles. The molecule has 1 aromatic heterocycles. The molecule has 32 heavy (non-hydrogen) atoms. The molecule has 0 aliphatic heterocycles. The van der Waals surface area contributed by atoms with Gasteiger partial charge in [-0.3, -0.25) is 4.79 Å². The molecule has 4 rings (SSSR count). The van der Waals surface area contributed by atoms with Crippen molar-refractivity contribution in [1.82, 2.24) is 0 Å². The van der Waals surface area contributed by atoms with Crippen LogP contribution < -0.4 is 19.6 Å². The maximum Gasteiger partial charge on any atom is 0.200 e. The van der Waals surface area contributed by atoms with E-state index in [-0.39, 0.29) is 17.6 Å². The van der Waals surface area contributed by atoms with Crippen molar-refractivity contribution in [3.63, 3.8) is 0 Å². The first-order chi connectivity index (χ1) is 15.4. The van der Waals surface area contributed by atoms with Crippen LogP contribution in [0.25, 0.3) is 22.1 Å². The third kappa shape index (κ3) is 3.89. The molecule has 0 fully saturated rings. The molecule has 0 saturated heterocycles. The molecule has 164 valence electrons. The van der Waals surface area contributed by atoms with Gasteiger partial charge in [0.2, 0.25) is 5.43 Å². The lowest BCUT2D eigenvalue weighted by atomic mass is 10.0. The first kappa shape index (κ1) is 21.4. The number of halogens is 2. The average molecular weight is 438 g/mol. The second-order valence-electron chi connectivity index (χ2n) is 7.08. The summed E-state index contributed by atoms with van der Waals surface area (Å²) in [5, 5.41) is 0.352. The van der Waals surface area contributed by atoms with Crippen LogP contribution in [0.15, 0.2) is 63.8 Å². The van der Waals surface area contributed by atoms with E-state index >= 15 is 0 Å². The summed E-state index contributed by atoms with van der Waals surface area (Å²) in [6.45, 7) is 1.39. The molecule has 0 spiro atoms. The fourth-order valence-electron chi connectivity index (χ4n) is 3.53. The molecule has 4 aromatic rings. The summed E-state index contributed by atoms with van der Waals surface area (Å²) in [6.07, 6.45) is 0. The standard InChI is InChI=1S/C25H20F2O5/c1-14-24(15-7-10-21(29-2)23(11-15)30-3)25(28)17-9-8-16(12-22(17)32-14)31-13-18-19(26)5-4-6-20(18)27/h4-12H,13H2,1-3H3. The molecular weight excluding hydrogens is 418 g/mol. The van der Waals surface area contributed by atoms with Crippen LogP contribution in [0.1, 0.15) is 11.3 Å². The summed E-state index contributed by atoms with van der Waals surface area (Å²) in [5.74, 6) is 0.397. The summed E-state index contributed by atoms with van der Waals surface area (Å²) in [7, 11) is 3.06. The highest BCUT2D eigenvalue weighted by atomic mass is 19.1. The number of methoxy groups -OCH3 is 2. The monoisotopic (exact) mass is 438 g/mol. The number of fused-ring (bicyclic) bond motifs is 1. The molecule has 0 atom stereocenters. The summed E-state index contributed by atoms with van der Waals surface area (Å²) in [4.78, 5) is 13.2. The Bertz CT molecular complexity index is 1340. The van der Waals surface area contributed by atoms with E-state index < -0.39 is 11.6 Å². The third-order valence-corrected chi connectivity index (χ3v) is 5.16. The van der Waals surface area contributed by atoms with Gasteiger partial charge in [0.15, 0.2) is 11.5 Å². The van der Waals surface area contributed by atoms with Crippen LogP contribution in [0.2, 0.25) is 0 Å². The molecule has 0 saturated carbocycles. The number of hydrogen-bond donors (Lipinski definition) is 0. The molecule has 5 nitrogen and oxygen atoms in total. The van der Waals surface area contributed by atoms with Gasteiger partial charge >= 0.3 is 0 Å². The summed E-state index contributed by atoms with van der Waals surface area (Å²) in [6, 6.07) is 13.5. The predicted octanol–water partition coefficient (Wildman–Crippen LogP) is 5.64. The number of aryl methyl sites for hydroxylation is 1. The lowest BCUT2D eigenvalue weighted by Crippen LogP contribution is -2.08. The fourth-order valence-corrected chi connectivity index (χ4v) is 3.53. The highest BCUT2D eigenvalue weighted by molar-refractivity contribution is 5.84. The van der Waals surface area contributed by atoms with Gasteiger partial charge in [-0.1, -0.05) is 12.1 Å². The Kier molecular flexibility index (Phi) is 5.81. The normalized spacial score (nSPS) is 10.9. The van der Waals surface area contributed by atoms with Gasteiger partial charge in [0.25, 0.3) is 0 Å². The minimum Gasteiger partial charge on any atom is -0.493 e. The molecule has 0 unspecified atom stereocenters. The zero-order valence-corrected chi connectivity index (χ0v) is 17.7. The number of ether oxygens (including phenoxy) is 3. The summed E-state index contributed by atoms with van der Waals surface area (Å²) >= 11 is 0. The highest BCUT2D eigenvalue weighted by Gasteiger charge is 2.17. The van der Waals surface area contributed by atoms with Crippen molar-refractivity contribution < 1.29 is 27.4 Å². The average Bonchev–Trinajstić information content (AvgIpc) is 2.78. The van der Waals surface area contributed by atoms with Gasteiger partial charge in [-0.2, -0.15) is 0 Å². The molecular formula is C25H20F2O5. The Morgan fingerprint density at radius 2 is 1.62 bits per heavy atom. The molecule has 0 amide bonds. The molecule has 0 radical (unpaired) electrons. The van der Waals surface area contributed by atoms with Crippen molar-refractivity contribution in [2.75, 3.05) is 14.2 Å². The summed E-state index contributed by atoms with van der Waals surface area (Å²) in [5.41, 5.74) is 0.951. The van der Waals surface area contributed by atoms with Crippen LogP contribution in [0.4, 0.5) is 8.78 Å². The Balaban J connectivity index is 1.70. The Morgan fingerprint density at radius 1 is 0.906 bits per heavy atom. The van der Waals surface area contributed by atoms with E-state index in [0.29, 0.717) is 45.1 Å². The van der Waals surface area contributed by atoms with Gasteiger partial charge in [-0.25, -0.2) is 8.78 Å². The first-order valence-electron chi connectivity index (χ1n) is 9.78. The molecule has 0 N–H and O–H groups in total. The zero-order chi connectivity index (χ0) is 22.8. The topological polar surface area (TPSA) is 57.9 Å². The van der Waals surface area contributed by atoms with Gasteiger partial charge in [0, 0.05) is 6.07 Å². The number of rotatable bonds is 6. The Labute approximate surface area is 182 Å². The smallest absolute Gasteiger partial charge is 0.200 e. The Morgan fingerprint density at radius 3 is 2.31 bits per heavy atom. The quantitative estimate of drug-likeness (QED) is 0.390. The minimum absolute atomic E-state index is 0.172. The molecule has 0 aliphatic rings. The van der Waals surface area contributed by atoms with Crippen molar-refractivity contribution in [2.45, 2.75) is 13.5 Å². The van der Waals surface area contributed by atoms with E-state index in [0.717, 1.165) is 0 Å². The molecule has 3 aromatic carbocycles. The summed E-state index contributed by atoms with van der Waals surface area (Å²) < 4.78 is 49.7. The van der Waals surface area contributed by atoms with Crippen LogP contribution in [0.3, 0.4) is 0 Å². The van der Waals surface area contributed by atoms with E-state index in [9.17, 15) is 13.6 Å². The van der Waals surface area contributed by atoms with Crippen LogP contribution in [0.5, 0.6) is 17.2 Å². The van der Waals surface area contributed by atoms with Crippen molar-refractivity contribution in [2.24, 2.45) is 0 Å². The molecule has 0 bridgehead atoms. The van der Waals surface area contributed by atoms with E-state index in [1.165, 1.54) is 38.5 Å². The van der Waals surface area contributed by atoms with Gasteiger partial charge in [-0.05, 0) is 48.9 Å². The lowest BCUT2D eigenvalue weighted by molar-refractivity contribution is 0.292. The largest absolute Gasteiger partial charge is 0.493 e. The second-order valence-corrected chi connectivity index (χ2v) is 7.08. The Hall–Kier alpha value is -3.87. The highest BCUT2D eigenvalue weighted by Crippen LogP contribution is 2.33. The van der Waals surface area contributed by atoms with Crippen LogP contribution >= 0.6 is 0 Å². The van der Waals surface area contributed by atoms with Gasteiger partial charge in [0.1, 0.15) is 35.3 Å². The van der Waals surface area contributed by atoms with Crippen LogP contribution in [-0.4, -0.2) is 14.2 Å². The predicted molar refractivity (Wildman–Crippen MR) is 116 cm³/mol. The fraction of sp³-hybridized carbons (Fsp3) is 0.160. The van der Waals surface area contributed by atoms with Crippen LogP contribution in [-0.2, 0) is 6.61 Å². The van der Waals surface area contributed by atoms with Gasteiger partial charge < -0.3 is 18.6 Å². The van der Waals surface area contributed by atoms with Crippen molar-refractivity contribution in [3.05, 3.63) is 87.8 Å². The maximum absolute atomic E-state index is 13.8. The molecule has 7 heteroatoms. The van der Waals surface area contributed by atoms with Crippen molar-refractivity contribution >= 4 is 11.0 Å². The minimum atomic E-state index is -0.687. The molecule has 1 heterocycles. The lowest BCUT2D eigenvalue weighted by Gasteiger charge is -2.12. The SMILES string of the molecule is COc1ccc(-c2c(C)oc3cc(OCc4c(F)cccc4F)ccc3c2=O)cc1OC. The second kappa shape index (κ2) is 8.70. The zero-order valence-electron chi connectivity index (χ0n) is 17.7.